The lowest BCUT2D eigenvalue weighted by atomic mass is 9.95. The number of hydrogen-bond acceptors (Lipinski definition) is 5. The number of hydrogen-bond donors (Lipinski definition) is 3. The van der Waals surface area contributed by atoms with Gasteiger partial charge < -0.3 is 25.6 Å². The maximum absolute atomic E-state index is 13.6. The molecule has 2 saturated heterocycles. The van der Waals surface area contributed by atoms with Crippen molar-refractivity contribution in [2.45, 2.75) is 38.5 Å². The van der Waals surface area contributed by atoms with E-state index in [4.69, 9.17) is 4.74 Å². The van der Waals surface area contributed by atoms with Crippen LogP contribution in [0.1, 0.15) is 40.9 Å². The average Bonchev–Trinajstić information content (AvgIpc) is 2.78. The first-order valence-corrected chi connectivity index (χ1v) is 12.3. The van der Waals surface area contributed by atoms with E-state index in [0.717, 1.165) is 71.5 Å². The topological polar surface area (TPSA) is 65.6 Å². The fraction of sp³-hybridized carbons (Fsp3) is 0.393. The summed E-state index contributed by atoms with van der Waals surface area (Å²) in [4.78, 5) is 15.8. The second kappa shape index (κ2) is 9.65. The van der Waals surface area contributed by atoms with Crippen molar-refractivity contribution >= 4 is 22.4 Å². The van der Waals surface area contributed by atoms with Crippen LogP contribution in [0.3, 0.4) is 0 Å². The molecule has 3 N–H and O–H groups in total. The molecule has 178 valence electrons. The zero-order valence-corrected chi connectivity index (χ0v) is 20.2. The molecule has 34 heavy (non-hydrogen) atoms. The Balaban J connectivity index is 1.46. The zero-order valence-electron chi connectivity index (χ0n) is 20.2. The summed E-state index contributed by atoms with van der Waals surface area (Å²) in [6.07, 6.45) is 0.939. The summed E-state index contributed by atoms with van der Waals surface area (Å²) in [6, 6.07) is 19.0. The molecule has 2 aliphatic heterocycles. The van der Waals surface area contributed by atoms with Crippen molar-refractivity contribution in [2.24, 2.45) is 0 Å². The molecule has 2 aliphatic rings. The van der Waals surface area contributed by atoms with Gasteiger partial charge in [0.05, 0.1) is 12.1 Å². The van der Waals surface area contributed by atoms with Gasteiger partial charge in [0.25, 0.3) is 5.91 Å². The smallest absolute Gasteiger partial charge is 0.252 e. The molecule has 6 heteroatoms. The minimum absolute atomic E-state index is 0.0458. The Morgan fingerprint density at radius 2 is 1.85 bits per heavy atom. The summed E-state index contributed by atoms with van der Waals surface area (Å²) >= 11 is 0. The van der Waals surface area contributed by atoms with Crippen LogP contribution in [0.2, 0.25) is 0 Å². The lowest BCUT2D eigenvalue weighted by Crippen LogP contribution is -2.56. The van der Waals surface area contributed by atoms with Crippen LogP contribution in [0.25, 0.3) is 10.8 Å². The Kier molecular flexibility index (Phi) is 6.44. The minimum atomic E-state index is -0.154. The number of nitrogens with one attached hydrogen (secondary N) is 3. The van der Waals surface area contributed by atoms with E-state index in [1.165, 1.54) is 0 Å². The Labute approximate surface area is 201 Å². The average molecular weight is 459 g/mol. The lowest BCUT2D eigenvalue weighted by molar-refractivity contribution is 0.0933. The first-order valence-electron chi connectivity index (χ1n) is 12.3. The van der Waals surface area contributed by atoms with Gasteiger partial charge in [-0.15, -0.1) is 0 Å². The highest BCUT2D eigenvalue weighted by molar-refractivity contribution is 5.97. The van der Waals surface area contributed by atoms with Gasteiger partial charge in [-0.3, -0.25) is 4.79 Å². The van der Waals surface area contributed by atoms with Crippen LogP contribution >= 0.6 is 0 Å². The van der Waals surface area contributed by atoms with Gasteiger partial charge in [-0.2, -0.15) is 0 Å². The molecule has 2 heterocycles. The number of likely N-dealkylation sites (N-methyl/N-ethyl adjacent to an activating group) is 1. The van der Waals surface area contributed by atoms with E-state index in [-0.39, 0.29) is 18.1 Å². The molecule has 0 aromatic heterocycles. The number of aryl methyl sites for hydroxylation is 1. The number of amides is 1. The van der Waals surface area contributed by atoms with Crippen LogP contribution in [0, 0.1) is 6.92 Å². The van der Waals surface area contributed by atoms with Crippen molar-refractivity contribution in [3.8, 4) is 5.75 Å². The number of benzene rings is 3. The maximum Gasteiger partial charge on any atom is 0.252 e. The van der Waals surface area contributed by atoms with Gasteiger partial charge in [-0.25, -0.2) is 0 Å². The van der Waals surface area contributed by atoms with Gasteiger partial charge in [0.15, 0.2) is 0 Å². The van der Waals surface area contributed by atoms with Gasteiger partial charge in [0.2, 0.25) is 0 Å². The number of carbonyl (C=O) groups excluding carboxylic acids is 1. The van der Waals surface area contributed by atoms with E-state index in [0.29, 0.717) is 6.04 Å². The molecule has 0 saturated carbocycles. The first kappa shape index (κ1) is 22.7. The molecule has 3 aromatic carbocycles. The van der Waals surface area contributed by atoms with Crippen molar-refractivity contribution < 1.29 is 9.53 Å². The monoisotopic (exact) mass is 458 g/mol. The minimum Gasteiger partial charge on any atom is -0.487 e. The lowest BCUT2D eigenvalue weighted by Gasteiger charge is -2.37. The molecule has 3 aromatic rings. The Morgan fingerprint density at radius 1 is 1.09 bits per heavy atom. The van der Waals surface area contributed by atoms with Crippen molar-refractivity contribution in [2.75, 3.05) is 38.1 Å². The largest absolute Gasteiger partial charge is 0.487 e. The quantitative estimate of drug-likeness (QED) is 0.479. The van der Waals surface area contributed by atoms with E-state index in [9.17, 15) is 4.79 Å². The van der Waals surface area contributed by atoms with E-state index in [2.05, 4.69) is 65.2 Å². The number of ether oxygens (including phenoxy) is 1. The van der Waals surface area contributed by atoms with Crippen LogP contribution in [-0.4, -0.2) is 51.3 Å². The third kappa shape index (κ3) is 4.36. The van der Waals surface area contributed by atoms with Gasteiger partial charge in [-0.05, 0) is 47.9 Å². The fourth-order valence-electron chi connectivity index (χ4n) is 4.71. The third-order valence-electron chi connectivity index (χ3n) is 7.21. The highest BCUT2D eigenvalue weighted by Crippen LogP contribution is 2.36. The second-order valence-electron chi connectivity index (χ2n) is 9.45. The molecule has 0 bridgehead atoms. The van der Waals surface area contributed by atoms with E-state index in [1.807, 2.05) is 31.2 Å². The molecule has 0 radical (unpaired) electrons. The van der Waals surface area contributed by atoms with Crippen LogP contribution in [0.5, 0.6) is 5.75 Å². The van der Waals surface area contributed by atoms with Gasteiger partial charge in [0, 0.05) is 50.0 Å². The number of fused-ring (bicyclic) bond motifs is 1. The van der Waals surface area contributed by atoms with Crippen molar-refractivity contribution in [3.63, 3.8) is 0 Å². The summed E-state index contributed by atoms with van der Waals surface area (Å²) in [5.41, 5.74) is 3.83. The van der Waals surface area contributed by atoms with E-state index in [1.54, 1.807) is 0 Å². The molecule has 2 fully saturated rings. The molecule has 0 spiro atoms. The Bertz CT molecular complexity index is 1190. The fourth-order valence-corrected chi connectivity index (χ4v) is 4.71. The molecule has 0 aliphatic carbocycles. The van der Waals surface area contributed by atoms with Crippen molar-refractivity contribution in [1.82, 2.24) is 16.0 Å². The molecule has 6 nitrogen and oxygen atoms in total. The summed E-state index contributed by atoms with van der Waals surface area (Å²) in [6.45, 7) is 7.77. The molecule has 1 unspecified atom stereocenters. The van der Waals surface area contributed by atoms with Crippen LogP contribution in [0.4, 0.5) is 5.69 Å². The molecule has 1 atom stereocenters. The Hall–Kier alpha value is -3.09. The highest BCUT2D eigenvalue weighted by atomic mass is 16.5. The standard InChI is InChI=1S/C28H34N4O2/c1-4-25(27-23-8-6-5-7-19(23)10-12-26(27)34-22-16-30-17-22)31-28(33)24-13-20(11-9-18(24)2)32(3)21-14-29-15-21/h5-13,21-22,25,29-30H,4,14-17H2,1-3H3,(H,31,33). The van der Waals surface area contributed by atoms with E-state index < -0.39 is 0 Å². The second-order valence-corrected chi connectivity index (χ2v) is 9.45. The number of rotatable bonds is 8. The van der Waals surface area contributed by atoms with Gasteiger partial charge in [-0.1, -0.05) is 43.3 Å². The van der Waals surface area contributed by atoms with Crippen LogP contribution in [0.15, 0.2) is 54.6 Å². The SMILES string of the molecule is CCC(NC(=O)c1cc(N(C)C2CNC2)ccc1C)c1c(OC2CNC2)ccc2ccccc12. The summed E-state index contributed by atoms with van der Waals surface area (Å²) in [5, 5.41) is 12.2. The van der Waals surface area contributed by atoms with Gasteiger partial charge >= 0.3 is 0 Å². The third-order valence-corrected chi connectivity index (χ3v) is 7.21. The summed E-state index contributed by atoms with van der Waals surface area (Å²) < 4.78 is 6.35. The molecular weight excluding hydrogens is 424 g/mol. The highest BCUT2D eigenvalue weighted by Gasteiger charge is 2.26. The molecule has 1 amide bonds. The molecular formula is C28H34N4O2. The van der Waals surface area contributed by atoms with Crippen LogP contribution in [-0.2, 0) is 0 Å². The summed E-state index contributed by atoms with van der Waals surface area (Å²) in [7, 11) is 2.10. The van der Waals surface area contributed by atoms with Gasteiger partial charge in [0.1, 0.15) is 11.9 Å². The number of nitrogens with zero attached hydrogens (tertiary/aromatic N) is 1. The maximum atomic E-state index is 13.6. The predicted molar refractivity (Wildman–Crippen MR) is 138 cm³/mol. The zero-order chi connectivity index (χ0) is 23.7. The van der Waals surface area contributed by atoms with Crippen molar-refractivity contribution in [3.05, 3.63) is 71.3 Å². The number of carbonyl (C=O) groups is 1. The summed E-state index contributed by atoms with van der Waals surface area (Å²) in [5.74, 6) is 0.815. The predicted octanol–water partition coefficient (Wildman–Crippen LogP) is 3.79. The van der Waals surface area contributed by atoms with Crippen LogP contribution < -0.4 is 25.6 Å². The molecule has 5 rings (SSSR count). The van der Waals surface area contributed by atoms with Crippen molar-refractivity contribution in [1.29, 1.82) is 0 Å². The normalized spacial score (nSPS) is 17.0. The Morgan fingerprint density at radius 3 is 2.53 bits per heavy atom. The number of anilines is 1. The first-order chi connectivity index (χ1) is 16.5. The van der Waals surface area contributed by atoms with E-state index >= 15 is 0 Å².